The highest BCUT2D eigenvalue weighted by molar-refractivity contribution is 5.94. The lowest BCUT2D eigenvalue weighted by molar-refractivity contribution is -0.146. The highest BCUT2D eigenvalue weighted by Gasteiger charge is 2.49. The number of piperidine rings is 1. The molecule has 154 valence electrons. The number of hydrogen-bond acceptors (Lipinski definition) is 4. The lowest BCUT2D eigenvalue weighted by atomic mass is 9.78. The highest BCUT2D eigenvalue weighted by Crippen LogP contribution is 2.41. The Bertz CT molecular complexity index is 902. The second-order valence-electron chi connectivity index (χ2n) is 8.75. The Morgan fingerprint density at radius 2 is 1.97 bits per heavy atom. The van der Waals surface area contributed by atoms with Gasteiger partial charge in [0.2, 0.25) is 11.7 Å². The van der Waals surface area contributed by atoms with E-state index in [0.29, 0.717) is 37.7 Å². The molecule has 6 nitrogen and oxygen atoms in total. The molecule has 2 fully saturated rings. The molecule has 29 heavy (non-hydrogen) atoms. The van der Waals surface area contributed by atoms with Gasteiger partial charge in [-0.2, -0.15) is 0 Å². The van der Waals surface area contributed by atoms with Crippen molar-refractivity contribution in [3.63, 3.8) is 0 Å². The third-order valence-corrected chi connectivity index (χ3v) is 6.42. The fourth-order valence-corrected chi connectivity index (χ4v) is 4.61. The van der Waals surface area contributed by atoms with Crippen LogP contribution in [0, 0.1) is 12.3 Å². The predicted octanol–water partition coefficient (Wildman–Crippen LogP) is 3.76. The van der Waals surface area contributed by atoms with Gasteiger partial charge in [-0.3, -0.25) is 9.59 Å². The van der Waals surface area contributed by atoms with E-state index in [-0.39, 0.29) is 17.6 Å². The zero-order valence-corrected chi connectivity index (χ0v) is 17.5. The van der Waals surface area contributed by atoms with Crippen LogP contribution in [0.4, 0.5) is 0 Å². The van der Waals surface area contributed by atoms with E-state index >= 15 is 0 Å². The van der Waals surface area contributed by atoms with Gasteiger partial charge in [-0.25, -0.2) is 4.98 Å². The predicted molar refractivity (Wildman–Crippen MR) is 109 cm³/mol. The Kier molecular flexibility index (Phi) is 5.19. The van der Waals surface area contributed by atoms with Crippen LogP contribution >= 0.6 is 0 Å². The normalized spacial score (nSPS) is 22.1. The number of nitrogens with zero attached hydrogens (tertiary/aromatic N) is 3. The molecule has 0 saturated carbocycles. The first-order chi connectivity index (χ1) is 13.9. The Labute approximate surface area is 171 Å². The summed E-state index contributed by atoms with van der Waals surface area (Å²) in [4.78, 5) is 33.9. The van der Waals surface area contributed by atoms with Crippen molar-refractivity contribution < 1.29 is 14.0 Å². The van der Waals surface area contributed by atoms with Crippen LogP contribution in [0.3, 0.4) is 0 Å². The molecule has 0 unspecified atom stereocenters. The molecule has 0 aliphatic carbocycles. The van der Waals surface area contributed by atoms with Crippen LogP contribution in [0.15, 0.2) is 35.1 Å². The molecule has 2 saturated heterocycles. The van der Waals surface area contributed by atoms with Crippen molar-refractivity contribution in [2.45, 2.75) is 52.5 Å². The Balaban J connectivity index is 1.46. The van der Waals surface area contributed by atoms with Crippen molar-refractivity contribution in [3.8, 4) is 0 Å². The number of oxazole rings is 1. The fourth-order valence-electron chi connectivity index (χ4n) is 4.61. The van der Waals surface area contributed by atoms with E-state index in [4.69, 9.17) is 4.42 Å². The third-order valence-electron chi connectivity index (χ3n) is 6.42. The van der Waals surface area contributed by atoms with Crippen LogP contribution in [0.2, 0.25) is 0 Å². The maximum Gasteiger partial charge on any atom is 0.291 e. The molecule has 0 bridgehead atoms. The topological polar surface area (TPSA) is 66.7 Å². The van der Waals surface area contributed by atoms with Crippen LogP contribution in [-0.2, 0) is 11.3 Å². The summed E-state index contributed by atoms with van der Waals surface area (Å²) in [5.41, 5.74) is 2.60. The lowest BCUT2D eigenvalue weighted by Crippen LogP contribution is -2.50. The SMILES string of the molecule is Cc1ncoc1C(=O)N1CC[C@]2(CCCN(Cc3ccc(C(C)C)cc3)C2=O)C1. The van der Waals surface area contributed by atoms with Crippen molar-refractivity contribution in [2.75, 3.05) is 19.6 Å². The van der Waals surface area contributed by atoms with E-state index in [2.05, 4.69) is 43.1 Å². The molecule has 1 spiro atoms. The minimum atomic E-state index is -0.459. The Hall–Kier alpha value is -2.63. The fraction of sp³-hybridized carbons (Fsp3) is 0.522. The molecule has 2 aliphatic heterocycles. The minimum Gasteiger partial charge on any atom is -0.438 e. The monoisotopic (exact) mass is 395 g/mol. The van der Waals surface area contributed by atoms with Crippen LogP contribution in [-0.4, -0.2) is 46.2 Å². The number of hydrogen-bond donors (Lipinski definition) is 0. The molecular weight excluding hydrogens is 366 g/mol. The molecule has 0 radical (unpaired) electrons. The number of likely N-dealkylation sites (tertiary alicyclic amines) is 2. The van der Waals surface area contributed by atoms with Gasteiger partial charge < -0.3 is 14.2 Å². The minimum absolute atomic E-state index is 0.161. The highest BCUT2D eigenvalue weighted by atomic mass is 16.3. The van der Waals surface area contributed by atoms with Crippen molar-refractivity contribution >= 4 is 11.8 Å². The zero-order chi connectivity index (χ0) is 20.6. The van der Waals surface area contributed by atoms with E-state index < -0.39 is 5.41 Å². The van der Waals surface area contributed by atoms with Crippen LogP contribution in [0.25, 0.3) is 0 Å². The summed E-state index contributed by atoms with van der Waals surface area (Å²) in [6.45, 7) is 8.59. The number of rotatable bonds is 4. The molecule has 1 aromatic heterocycles. The van der Waals surface area contributed by atoms with Crippen molar-refractivity contribution in [1.82, 2.24) is 14.8 Å². The standard InChI is InChI=1S/C23H29N3O3/c1-16(2)19-7-5-18(6-8-19)13-25-11-4-9-23(22(25)28)10-12-26(14-23)21(27)20-17(3)24-15-29-20/h5-8,15-16H,4,9-14H2,1-3H3/t23-/m1/s1. The second-order valence-corrected chi connectivity index (χ2v) is 8.75. The van der Waals surface area contributed by atoms with Gasteiger partial charge in [0.05, 0.1) is 11.1 Å². The third kappa shape index (κ3) is 3.68. The van der Waals surface area contributed by atoms with Crippen LogP contribution < -0.4 is 0 Å². The first kappa shape index (κ1) is 19.7. The van der Waals surface area contributed by atoms with E-state index in [1.54, 1.807) is 11.8 Å². The van der Waals surface area contributed by atoms with Gasteiger partial charge in [0, 0.05) is 26.2 Å². The average Bonchev–Trinajstić information content (AvgIpc) is 3.33. The van der Waals surface area contributed by atoms with Gasteiger partial charge in [-0.05, 0) is 43.2 Å². The Morgan fingerprint density at radius 1 is 1.21 bits per heavy atom. The van der Waals surface area contributed by atoms with Crippen molar-refractivity contribution in [2.24, 2.45) is 5.41 Å². The molecule has 3 heterocycles. The molecule has 1 aromatic carbocycles. The summed E-state index contributed by atoms with van der Waals surface area (Å²) >= 11 is 0. The molecule has 0 N–H and O–H groups in total. The first-order valence-corrected chi connectivity index (χ1v) is 10.5. The lowest BCUT2D eigenvalue weighted by Gasteiger charge is -2.39. The quantitative estimate of drug-likeness (QED) is 0.791. The number of aryl methyl sites for hydroxylation is 1. The molecular formula is C23H29N3O3. The molecule has 2 amide bonds. The molecule has 1 atom stereocenters. The average molecular weight is 396 g/mol. The van der Waals surface area contributed by atoms with Gasteiger partial charge in [-0.1, -0.05) is 38.1 Å². The molecule has 2 aromatic rings. The summed E-state index contributed by atoms with van der Waals surface area (Å²) in [5, 5.41) is 0. The summed E-state index contributed by atoms with van der Waals surface area (Å²) in [6, 6.07) is 8.56. The van der Waals surface area contributed by atoms with Gasteiger partial charge in [0.15, 0.2) is 6.39 Å². The van der Waals surface area contributed by atoms with Gasteiger partial charge in [-0.15, -0.1) is 0 Å². The summed E-state index contributed by atoms with van der Waals surface area (Å²) in [7, 11) is 0. The van der Waals surface area contributed by atoms with E-state index in [9.17, 15) is 9.59 Å². The van der Waals surface area contributed by atoms with E-state index in [0.717, 1.165) is 24.9 Å². The van der Waals surface area contributed by atoms with Crippen LogP contribution in [0.5, 0.6) is 0 Å². The molecule has 4 rings (SSSR count). The largest absolute Gasteiger partial charge is 0.438 e. The van der Waals surface area contributed by atoms with Gasteiger partial charge in [0.1, 0.15) is 0 Å². The van der Waals surface area contributed by atoms with Crippen LogP contribution in [0.1, 0.15) is 66.4 Å². The Morgan fingerprint density at radius 3 is 2.62 bits per heavy atom. The smallest absolute Gasteiger partial charge is 0.291 e. The maximum absolute atomic E-state index is 13.4. The number of carbonyl (C=O) groups is 2. The van der Waals surface area contributed by atoms with E-state index in [1.165, 1.54) is 12.0 Å². The van der Waals surface area contributed by atoms with Crippen molar-refractivity contribution in [1.29, 1.82) is 0 Å². The number of aromatic nitrogens is 1. The summed E-state index contributed by atoms with van der Waals surface area (Å²) < 4.78 is 5.27. The molecule has 2 aliphatic rings. The zero-order valence-electron chi connectivity index (χ0n) is 17.5. The number of amides is 2. The van der Waals surface area contributed by atoms with E-state index in [1.807, 2.05) is 4.90 Å². The second kappa shape index (κ2) is 7.65. The summed E-state index contributed by atoms with van der Waals surface area (Å²) in [5.74, 6) is 0.804. The van der Waals surface area contributed by atoms with Gasteiger partial charge >= 0.3 is 0 Å². The van der Waals surface area contributed by atoms with Crippen molar-refractivity contribution in [3.05, 3.63) is 53.2 Å². The first-order valence-electron chi connectivity index (χ1n) is 10.5. The van der Waals surface area contributed by atoms with Gasteiger partial charge in [0.25, 0.3) is 5.91 Å². The maximum atomic E-state index is 13.4. The number of benzene rings is 1. The number of carbonyl (C=O) groups excluding carboxylic acids is 2. The summed E-state index contributed by atoms with van der Waals surface area (Å²) in [6.07, 6.45) is 3.83. The molecule has 6 heteroatoms.